The highest BCUT2D eigenvalue weighted by Gasteiger charge is 2.30. The quantitative estimate of drug-likeness (QED) is 0.926. The second kappa shape index (κ2) is 7.00. The smallest absolute Gasteiger partial charge is 0.272 e. The maximum atomic E-state index is 12.9. The number of aromatic nitrogens is 2. The SMILES string of the molecule is O=C1c2cc([C]3[CH][CH][CH][CH]3)nn2C[C@H](O)CN1CCc1ccccc1. The molecule has 2 aliphatic rings. The summed E-state index contributed by atoms with van der Waals surface area (Å²) in [6, 6.07) is 11.9. The lowest BCUT2D eigenvalue weighted by Crippen LogP contribution is -2.37. The zero-order chi connectivity index (χ0) is 17.2. The summed E-state index contributed by atoms with van der Waals surface area (Å²) in [5.41, 5.74) is 2.49. The van der Waals surface area contributed by atoms with Crippen LogP contribution in [0.1, 0.15) is 21.7 Å². The summed E-state index contributed by atoms with van der Waals surface area (Å²) in [6.07, 6.45) is 7.98. The highest BCUT2D eigenvalue weighted by Crippen LogP contribution is 2.30. The molecular weight excluding hydrogens is 314 g/mol. The van der Waals surface area contributed by atoms with Crippen LogP contribution in [-0.4, -0.2) is 44.9 Å². The molecule has 1 saturated carbocycles. The van der Waals surface area contributed by atoms with Gasteiger partial charge in [-0.15, -0.1) is 0 Å². The van der Waals surface area contributed by atoms with Gasteiger partial charge >= 0.3 is 0 Å². The first-order chi connectivity index (χ1) is 12.2. The van der Waals surface area contributed by atoms with Crippen molar-refractivity contribution in [1.82, 2.24) is 14.7 Å². The third-order valence-corrected chi connectivity index (χ3v) is 4.57. The molecule has 1 amide bonds. The molecule has 2 aromatic rings. The first-order valence-electron chi connectivity index (χ1n) is 8.52. The van der Waals surface area contributed by atoms with Gasteiger partial charge in [0.2, 0.25) is 0 Å². The average molecular weight is 334 g/mol. The minimum absolute atomic E-state index is 0.0715. The van der Waals surface area contributed by atoms with Gasteiger partial charge in [-0.05, 0) is 43.7 Å². The number of β-amino-alcohol motifs (C(OH)–C–C–N with tert-alkyl or cyclic N) is 1. The van der Waals surface area contributed by atoms with Crippen molar-refractivity contribution >= 4 is 5.91 Å². The van der Waals surface area contributed by atoms with Crippen molar-refractivity contribution in [2.24, 2.45) is 0 Å². The second-order valence-electron chi connectivity index (χ2n) is 6.41. The Balaban J connectivity index is 1.53. The van der Waals surface area contributed by atoms with Gasteiger partial charge in [-0.3, -0.25) is 9.48 Å². The number of aliphatic hydroxyl groups is 1. The molecule has 0 bridgehead atoms. The van der Waals surface area contributed by atoms with E-state index in [9.17, 15) is 9.90 Å². The minimum Gasteiger partial charge on any atom is -0.389 e. The Kier molecular flexibility index (Phi) is 4.57. The normalized spacial score (nSPS) is 21.4. The predicted octanol–water partition coefficient (Wildman–Crippen LogP) is 1.70. The Hall–Kier alpha value is -2.14. The molecular formula is C20H20N3O2. The first-order valence-corrected chi connectivity index (χ1v) is 8.52. The van der Waals surface area contributed by atoms with Crippen molar-refractivity contribution in [2.45, 2.75) is 19.1 Å². The zero-order valence-corrected chi connectivity index (χ0v) is 13.9. The third-order valence-electron chi connectivity index (χ3n) is 4.57. The van der Waals surface area contributed by atoms with E-state index in [1.807, 2.05) is 49.9 Å². The van der Waals surface area contributed by atoms with Crippen molar-refractivity contribution in [3.05, 3.63) is 85.0 Å². The summed E-state index contributed by atoms with van der Waals surface area (Å²) >= 11 is 0. The number of hydrogen-bond acceptors (Lipinski definition) is 3. The van der Waals surface area contributed by atoms with Crippen LogP contribution in [0.15, 0.2) is 36.4 Å². The number of rotatable bonds is 4. The van der Waals surface area contributed by atoms with Crippen molar-refractivity contribution in [1.29, 1.82) is 0 Å². The van der Waals surface area contributed by atoms with Gasteiger partial charge in [-0.25, -0.2) is 0 Å². The monoisotopic (exact) mass is 334 g/mol. The van der Waals surface area contributed by atoms with Crippen LogP contribution < -0.4 is 0 Å². The van der Waals surface area contributed by atoms with E-state index in [-0.39, 0.29) is 5.91 Å². The fraction of sp³-hybridized carbons (Fsp3) is 0.250. The van der Waals surface area contributed by atoms with Crippen LogP contribution in [0.5, 0.6) is 0 Å². The number of fused-ring (bicyclic) bond motifs is 1. The van der Waals surface area contributed by atoms with Gasteiger partial charge in [-0.2, -0.15) is 5.10 Å². The molecule has 0 spiro atoms. The lowest BCUT2D eigenvalue weighted by molar-refractivity contribution is 0.0648. The Bertz CT molecular complexity index is 735. The minimum atomic E-state index is -0.617. The van der Waals surface area contributed by atoms with Crippen LogP contribution in [0.4, 0.5) is 0 Å². The second-order valence-corrected chi connectivity index (χ2v) is 6.41. The Morgan fingerprint density at radius 1 is 1.12 bits per heavy atom. The molecule has 1 aliphatic carbocycles. The van der Waals surface area contributed by atoms with E-state index in [0.717, 1.165) is 18.0 Å². The van der Waals surface area contributed by atoms with Crippen LogP contribution in [0.2, 0.25) is 0 Å². The Morgan fingerprint density at radius 2 is 1.88 bits per heavy atom. The topological polar surface area (TPSA) is 58.4 Å². The fourth-order valence-corrected chi connectivity index (χ4v) is 3.27. The Labute approximate surface area is 148 Å². The van der Waals surface area contributed by atoms with Gasteiger partial charge in [0, 0.05) is 19.0 Å². The molecule has 5 nitrogen and oxygen atoms in total. The largest absolute Gasteiger partial charge is 0.389 e. The number of carbonyl (C=O) groups excluding carboxylic acids is 1. The van der Waals surface area contributed by atoms with E-state index in [1.165, 1.54) is 5.56 Å². The highest BCUT2D eigenvalue weighted by molar-refractivity contribution is 5.93. The van der Waals surface area contributed by atoms with Crippen molar-refractivity contribution < 1.29 is 9.90 Å². The molecule has 2 heterocycles. The Morgan fingerprint density at radius 3 is 2.64 bits per heavy atom. The molecule has 25 heavy (non-hydrogen) atoms. The van der Waals surface area contributed by atoms with Crippen LogP contribution >= 0.6 is 0 Å². The van der Waals surface area contributed by atoms with E-state index < -0.39 is 6.10 Å². The molecule has 1 N–H and O–H groups in total. The van der Waals surface area contributed by atoms with Crippen LogP contribution in [0, 0.1) is 31.6 Å². The summed E-state index contributed by atoms with van der Waals surface area (Å²) in [5.74, 6) is 0.913. The standard InChI is InChI=1S/C20H20N3O2/c24-17-13-22(11-10-15-6-2-1-3-7-15)20(25)19-12-18(21-23(19)14-17)16-8-4-5-9-16/h1-9,12,17,24H,10-11,13-14H2/t17-/m1/s1. The molecule has 5 heteroatoms. The van der Waals surface area contributed by atoms with E-state index in [2.05, 4.69) is 17.2 Å². The van der Waals surface area contributed by atoms with E-state index in [0.29, 0.717) is 25.3 Å². The van der Waals surface area contributed by atoms with Gasteiger partial charge in [0.25, 0.3) is 5.91 Å². The van der Waals surface area contributed by atoms with Crippen LogP contribution in [0.25, 0.3) is 0 Å². The van der Waals surface area contributed by atoms with E-state index >= 15 is 0 Å². The summed E-state index contributed by atoms with van der Waals surface area (Å²) < 4.78 is 1.64. The number of nitrogens with zero attached hydrogens (tertiary/aromatic N) is 3. The summed E-state index contributed by atoms with van der Waals surface area (Å²) in [4.78, 5) is 14.7. The molecule has 1 atom stereocenters. The third kappa shape index (κ3) is 3.47. The zero-order valence-electron chi connectivity index (χ0n) is 13.9. The lowest BCUT2D eigenvalue weighted by Gasteiger charge is -2.22. The van der Waals surface area contributed by atoms with Gasteiger partial charge < -0.3 is 10.0 Å². The number of hydrogen-bond donors (Lipinski definition) is 1. The summed E-state index contributed by atoms with van der Waals surface area (Å²) in [5, 5.41) is 14.8. The first kappa shape index (κ1) is 16.3. The average Bonchev–Trinajstić information content (AvgIpc) is 3.26. The summed E-state index contributed by atoms with van der Waals surface area (Å²) in [6.45, 7) is 1.25. The lowest BCUT2D eigenvalue weighted by atomic mass is 10.0. The number of aliphatic hydroxyl groups excluding tert-OH is 1. The van der Waals surface area contributed by atoms with Gasteiger partial charge in [-0.1, -0.05) is 30.3 Å². The molecule has 4 rings (SSSR count). The fourth-order valence-electron chi connectivity index (χ4n) is 3.27. The number of benzene rings is 1. The molecule has 0 unspecified atom stereocenters. The van der Waals surface area contributed by atoms with Crippen molar-refractivity contribution in [3.63, 3.8) is 0 Å². The molecule has 1 aliphatic heterocycles. The molecule has 0 saturated heterocycles. The molecule has 1 aromatic carbocycles. The van der Waals surface area contributed by atoms with Crippen molar-refractivity contribution in [3.8, 4) is 0 Å². The van der Waals surface area contributed by atoms with Crippen LogP contribution in [-0.2, 0) is 13.0 Å². The van der Waals surface area contributed by atoms with Gasteiger partial charge in [0.1, 0.15) is 5.69 Å². The molecule has 1 aromatic heterocycles. The predicted molar refractivity (Wildman–Crippen MR) is 93.8 cm³/mol. The number of amides is 1. The molecule has 127 valence electrons. The van der Waals surface area contributed by atoms with Crippen LogP contribution in [0.3, 0.4) is 0 Å². The highest BCUT2D eigenvalue weighted by atomic mass is 16.3. The van der Waals surface area contributed by atoms with E-state index in [1.54, 1.807) is 9.58 Å². The molecule has 1 fully saturated rings. The molecule has 5 radical (unpaired) electrons. The number of carbonyl (C=O) groups is 1. The van der Waals surface area contributed by atoms with E-state index in [4.69, 9.17) is 0 Å². The van der Waals surface area contributed by atoms with Crippen molar-refractivity contribution in [2.75, 3.05) is 13.1 Å². The maximum Gasteiger partial charge on any atom is 0.272 e. The summed E-state index contributed by atoms with van der Waals surface area (Å²) in [7, 11) is 0. The van der Waals surface area contributed by atoms with Gasteiger partial charge in [0.05, 0.1) is 18.3 Å². The maximum absolute atomic E-state index is 12.9. The van der Waals surface area contributed by atoms with Gasteiger partial charge in [0.15, 0.2) is 0 Å².